The SMILES string of the molecule is Cc1cc(C2(NC(=O)c3cnc4cc(C(F)(F)F)ccc4c3)CC2)c(F)cc1N. The Labute approximate surface area is 163 Å². The number of anilines is 1. The van der Waals surface area contributed by atoms with Crippen LogP contribution in [-0.4, -0.2) is 10.9 Å². The molecule has 1 aliphatic rings. The van der Waals surface area contributed by atoms with Crippen molar-refractivity contribution in [3.05, 3.63) is 70.7 Å². The van der Waals surface area contributed by atoms with Crippen LogP contribution in [0.25, 0.3) is 10.9 Å². The van der Waals surface area contributed by atoms with E-state index in [9.17, 15) is 22.4 Å². The Bertz CT molecular complexity index is 1140. The Balaban J connectivity index is 1.62. The van der Waals surface area contributed by atoms with E-state index < -0.39 is 29.0 Å². The molecule has 1 aromatic heterocycles. The lowest BCUT2D eigenvalue weighted by Crippen LogP contribution is -2.35. The fourth-order valence-corrected chi connectivity index (χ4v) is 3.36. The summed E-state index contributed by atoms with van der Waals surface area (Å²) in [4.78, 5) is 16.7. The van der Waals surface area contributed by atoms with Crippen molar-refractivity contribution in [1.82, 2.24) is 10.3 Å². The van der Waals surface area contributed by atoms with E-state index in [1.54, 1.807) is 13.0 Å². The first-order valence-corrected chi connectivity index (χ1v) is 8.95. The lowest BCUT2D eigenvalue weighted by Gasteiger charge is -2.20. The zero-order valence-electron chi connectivity index (χ0n) is 15.4. The number of fused-ring (bicyclic) bond motifs is 1. The van der Waals surface area contributed by atoms with E-state index in [0.29, 0.717) is 29.5 Å². The smallest absolute Gasteiger partial charge is 0.398 e. The molecule has 0 bridgehead atoms. The number of hydrogen-bond donors (Lipinski definition) is 2. The monoisotopic (exact) mass is 403 g/mol. The zero-order valence-corrected chi connectivity index (χ0v) is 15.4. The quantitative estimate of drug-likeness (QED) is 0.492. The van der Waals surface area contributed by atoms with Crippen molar-refractivity contribution in [2.24, 2.45) is 0 Å². The highest BCUT2D eigenvalue weighted by Crippen LogP contribution is 2.47. The molecular weight excluding hydrogens is 386 g/mol. The second-order valence-electron chi connectivity index (χ2n) is 7.35. The molecule has 29 heavy (non-hydrogen) atoms. The van der Waals surface area contributed by atoms with Gasteiger partial charge in [-0.15, -0.1) is 0 Å². The Morgan fingerprint density at radius 2 is 1.90 bits per heavy atom. The number of nitrogens with one attached hydrogen (secondary N) is 1. The highest BCUT2D eigenvalue weighted by Gasteiger charge is 2.47. The van der Waals surface area contributed by atoms with Crippen molar-refractivity contribution in [3.63, 3.8) is 0 Å². The minimum Gasteiger partial charge on any atom is -0.398 e. The topological polar surface area (TPSA) is 68.0 Å². The third-order valence-electron chi connectivity index (χ3n) is 5.25. The number of hydrogen-bond acceptors (Lipinski definition) is 3. The molecule has 1 fully saturated rings. The van der Waals surface area contributed by atoms with Gasteiger partial charge in [0, 0.05) is 22.8 Å². The van der Waals surface area contributed by atoms with Crippen molar-refractivity contribution in [2.45, 2.75) is 31.5 Å². The van der Waals surface area contributed by atoms with Crippen molar-refractivity contribution in [2.75, 3.05) is 5.73 Å². The highest BCUT2D eigenvalue weighted by atomic mass is 19.4. The van der Waals surface area contributed by atoms with Gasteiger partial charge in [0.2, 0.25) is 0 Å². The highest BCUT2D eigenvalue weighted by molar-refractivity contribution is 5.98. The lowest BCUT2D eigenvalue weighted by atomic mass is 10.00. The predicted molar refractivity (Wildman–Crippen MR) is 101 cm³/mol. The summed E-state index contributed by atoms with van der Waals surface area (Å²) in [6.07, 6.45) is -2.09. The van der Waals surface area contributed by atoms with E-state index in [-0.39, 0.29) is 11.1 Å². The van der Waals surface area contributed by atoms with Gasteiger partial charge in [-0.25, -0.2) is 4.39 Å². The molecule has 0 saturated heterocycles. The number of halogens is 4. The van der Waals surface area contributed by atoms with E-state index >= 15 is 0 Å². The molecule has 4 nitrogen and oxygen atoms in total. The molecule has 2 aromatic carbocycles. The summed E-state index contributed by atoms with van der Waals surface area (Å²) < 4.78 is 52.9. The molecular formula is C21H17F4N3O. The van der Waals surface area contributed by atoms with Crippen LogP contribution in [0.3, 0.4) is 0 Å². The molecule has 150 valence electrons. The van der Waals surface area contributed by atoms with Gasteiger partial charge in [-0.2, -0.15) is 13.2 Å². The van der Waals surface area contributed by atoms with Crippen LogP contribution in [0.4, 0.5) is 23.2 Å². The third-order valence-corrected chi connectivity index (χ3v) is 5.25. The van der Waals surface area contributed by atoms with Crippen LogP contribution < -0.4 is 11.1 Å². The first-order valence-electron chi connectivity index (χ1n) is 8.95. The molecule has 4 rings (SSSR count). The van der Waals surface area contributed by atoms with Crippen molar-refractivity contribution in [3.8, 4) is 0 Å². The maximum Gasteiger partial charge on any atom is 0.416 e. The minimum atomic E-state index is -4.47. The van der Waals surface area contributed by atoms with Crippen molar-refractivity contribution < 1.29 is 22.4 Å². The number of rotatable bonds is 3. The van der Waals surface area contributed by atoms with Crippen LogP contribution in [0.15, 0.2) is 42.6 Å². The van der Waals surface area contributed by atoms with Crippen LogP contribution in [0.1, 0.15) is 39.9 Å². The molecule has 0 aliphatic heterocycles. The van der Waals surface area contributed by atoms with Crippen LogP contribution in [0, 0.1) is 12.7 Å². The second kappa shape index (κ2) is 6.43. The standard InChI is InChI=1S/C21H17F4N3O/c1-11-6-15(16(22)9-17(11)26)20(4-5-20)28-19(29)13-7-12-2-3-14(21(23,24)25)8-18(12)27-10-13/h2-3,6-10H,4-5,26H2,1H3,(H,28,29). The Hall–Kier alpha value is -3.16. The molecule has 3 N–H and O–H groups in total. The third kappa shape index (κ3) is 3.50. The van der Waals surface area contributed by atoms with Gasteiger partial charge in [-0.05, 0) is 55.7 Å². The molecule has 1 aliphatic carbocycles. The number of pyridine rings is 1. The van der Waals surface area contributed by atoms with Gasteiger partial charge in [0.15, 0.2) is 0 Å². The van der Waals surface area contributed by atoms with Crippen molar-refractivity contribution >= 4 is 22.5 Å². The Morgan fingerprint density at radius 3 is 2.55 bits per heavy atom. The summed E-state index contributed by atoms with van der Waals surface area (Å²) in [7, 11) is 0. The maximum atomic E-state index is 14.4. The van der Waals surface area contributed by atoms with E-state index in [0.717, 1.165) is 17.7 Å². The van der Waals surface area contributed by atoms with Gasteiger partial charge in [0.25, 0.3) is 5.91 Å². The van der Waals surface area contributed by atoms with E-state index in [1.807, 2.05) is 0 Å². The molecule has 1 heterocycles. The Morgan fingerprint density at radius 1 is 1.17 bits per heavy atom. The molecule has 8 heteroatoms. The summed E-state index contributed by atoms with van der Waals surface area (Å²) in [5.74, 6) is -0.951. The minimum absolute atomic E-state index is 0.137. The maximum absolute atomic E-state index is 14.4. The number of benzene rings is 2. The molecule has 1 saturated carbocycles. The average Bonchev–Trinajstić information content (AvgIpc) is 3.43. The van der Waals surface area contributed by atoms with Gasteiger partial charge in [-0.1, -0.05) is 6.07 Å². The number of amides is 1. The summed E-state index contributed by atoms with van der Waals surface area (Å²) in [6.45, 7) is 1.76. The van der Waals surface area contributed by atoms with Gasteiger partial charge in [-0.3, -0.25) is 9.78 Å². The fourth-order valence-electron chi connectivity index (χ4n) is 3.36. The summed E-state index contributed by atoms with van der Waals surface area (Å²) in [6, 6.07) is 7.50. The summed E-state index contributed by atoms with van der Waals surface area (Å²) >= 11 is 0. The number of aryl methyl sites for hydroxylation is 1. The van der Waals surface area contributed by atoms with E-state index in [4.69, 9.17) is 5.73 Å². The Kier molecular flexibility index (Phi) is 4.25. The first-order chi connectivity index (χ1) is 13.6. The summed E-state index contributed by atoms with van der Waals surface area (Å²) in [5, 5.41) is 3.26. The number of carbonyl (C=O) groups is 1. The second-order valence-corrected chi connectivity index (χ2v) is 7.35. The van der Waals surface area contributed by atoms with Crippen LogP contribution in [-0.2, 0) is 11.7 Å². The molecule has 0 atom stereocenters. The molecule has 0 spiro atoms. The van der Waals surface area contributed by atoms with Crippen LogP contribution in [0.2, 0.25) is 0 Å². The van der Waals surface area contributed by atoms with Crippen LogP contribution in [0.5, 0.6) is 0 Å². The number of nitrogens with zero attached hydrogens (tertiary/aromatic N) is 1. The van der Waals surface area contributed by atoms with Gasteiger partial charge in [0.05, 0.1) is 22.2 Å². The fraction of sp³-hybridized carbons (Fsp3) is 0.238. The molecule has 0 radical (unpaired) electrons. The molecule has 0 unspecified atom stereocenters. The number of nitrogen functional groups attached to an aromatic ring is 1. The molecule has 1 amide bonds. The largest absolute Gasteiger partial charge is 0.416 e. The van der Waals surface area contributed by atoms with E-state index in [1.165, 1.54) is 24.4 Å². The lowest BCUT2D eigenvalue weighted by molar-refractivity contribution is -0.137. The number of alkyl halides is 3. The van der Waals surface area contributed by atoms with Crippen LogP contribution >= 0.6 is 0 Å². The van der Waals surface area contributed by atoms with Gasteiger partial charge >= 0.3 is 6.18 Å². The number of carbonyl (C=O) groups excluding carboxylic acids is 1. The van der Waals surface area contributed by atoms with Crippen molar-refractivity contribution in [1.29, 1.82) is 0 Å². The zero-order chi connectivity index (χ0) is 21.0. The van der Waals surface area contributed by atoms with E-state index in [2.05, 4.69) is 10.3 Å². The normalized spacial score (nSPS) is 15.3. The first kappa shape index (κ1) is 19.2. The number of aromatic nitrogens is 1. The predicted octanol–water partition coefficient (Wildman–Crippen LogP) is 4.70. The summed E-state index contributed by atoms with van der Waals surface area (Å²) in [5.41, 5.74) is 5.87. The average molecular weight is 403 g/mol. The molecule has 3 aromatic rings. The number of nitrogens with two attached hydrogens (primary N) is 1. The van der Waals surface area contributed by atoms with Gasteiger partial charge in [0.1, 0.15) is 5.82 Å². The van der Waals surface area contributed by atoms with Gasteiger partial charge < -0.3 is 11.1 Å².